The molecule has 0 aliphatic carbocycles. The van der Waals surface area contributed by atoms with Crippen LogP contribution in [0.25, 0.3) is 0 Å². The number of hydrogen-bond donors (Lipinski definition) is 3. The van der Waals surface area contributed by atoms with E-state index in [4.69, 9.17) is 10.8 Å². The molecule has 88 valence electrons. The van der Waals surface area contributed by atoms with Crippen LogP contribution in [0.15, 0.2) is 29.3 Å². The van der Waals surface area contributed by atoms with Gasteiger partial charge in [0, 0.05) is 5.69 Å². The number of benzene rings is 1. The molecular weight excluding hydrogens is 202 g/mol. The average molecular weight is 221 g/mol. The van der Waals surface area contributed by atoms with Gasteiger partial charge in [-0.05, 0) is 25.5 Å². The minimum Gasteiger partial charge on any atom is -0.394 e. The van der Waals surface area contributed by atoms with E-state index in [0.29, 0.717) is 5.96 Å². The Morgan fingerprint density at radius 3 is 2.56 bits per heavy atom. The van der Waals surface area contributed by atoms with Gasteiger partial charge in [-0.2, -0.15) is 0 Å². The SMILES string of the molecule is CC[C@H](CO)N=C(N)Nc1ccc(C)cc1. The van der Waals surface area contributed by atoms with Crippen LogP contribution in [-0.2, 0) is 0 Å². The molecule has 1 aromatic rings. The van der Waals surface area contributed by atoms with Crippen LogP contribution >= 0.6 is 0 Å². The normalized spacial score (nSPS) is 13.6. The molecule has 4 N–H and O–H groups in total. The van der Waals surface area contributed by atoms with Gasteiger partial charge < -0.3 is 16.2 Å². The van der Waals surface area contributed by atoms with Crippen molar-refractivity contribution in [1.82, 2.24) is 0 Å². The highest BCUT2D eigenvalue weighted by molar-refractivity contribution is 5.92. The number of rotatable bonds is 4. The Balaban J connectivity index is 2.63. The maximum Gasteiger partial charge on any atom is 0.193 e. The fraction of sp³-hybridized carbons (Fsp3) is 0.417. The summed E-state index contributed by atoms with van der Waals surface area (Å²) >= 11 is 0. The monoisotopic (exact) mass is 221 g/mol. The number of nitrogens with one attached hydrogen (secondary N) is 1. The van der Waals surface area contributed by atoms with Crippen molar-refractivity contribution in [2.24, 2.45) is 10.7 Å². The number of aliphatic imine (C=N–C) groups is 1. The molecule has 0 radical (unpaired) electrons. The van der Waals surface area contributed by atoms with Gasteiger partial charge in [0.05, 0.1) is 12.6 Å². The number of nitrogens with zero attached hydrogens (tertiary/aromatic N) is 1. The molecule has 0 fully saturated rings. The van der Waals surface area contributed by atoms with Crippen LogP contribution in [0.4, 0.5) is 5.69 Å². The van der Waals surface area contributed by atoms with Gasteiger partial charge in [-0.15, -0.1) is 0 Å². The number of aliphatic hydroxyl groups is 1. The van der Waals surface area contributed by atoms with Crippen molar-refractivity contribution < 1.29 is 5.11 Å². The summed E-state index contributed by atoms with van der Waals surface area (Å²) in [5, 5.41) is 12.0. The summed E-state index contributed by atoms with van der Waals surface area (Å²) in [5.74, 6) is 0.338. The largest absolute Gasteiger partial charge is 0.394 e. The van der Waals surface area contributed by atoms with Crippen LogP contribution in [0, 0.1) is 6.92 Å². The topological polar surface area (TPSA) is 70.6 Å². The highest BCUT2D eigenvalue weighted by Gasteiger charge is 2.02. The predicted octanol–water partition coefficient (Wildman–Crippen LogP) is 1.49. The van der Waals surface area contributed by atoms with E-state index in [9.17, 15) is 0 Å². The summed E-state index contributed by atoms with van der Waals surface area (Å²) in [4.78, 5) is 4.16. The molecule has 0 heterocycles. The van der Waals surface area contributed by atoms with Gasteiger partial charge >= 0.3 is 0 Å². The fourth-order valence-electron chi connectivity index (χ4n) is 1.27. The molecule has 1 atom stereocenters. The molecule has 0 spiro atoms. The lowest BCUT2D eigenvalue weighted by atomic mass is 10.2. The van der Waals surface area contributed by atoms with E-state index in [2.05, 4.69) is 10.3 Å². The maximum absolute atomic E-state index is 8.99. The number of aliphatic hydroxyl groups excluding tert-OH is 1. The summed E-state index contributed by atoms with van der Waals surface area (Å²) in [6, 6.07) is 7.76. The van der Waals surface area contributed by atoms with Crippen molar-refractivity contribution in [3.63, 3.8) is 0 Å². The van der Waals surface area contributed by atoms with E-state index in [1.165, 1.54) is 5.56 Å². The Kier molecular flexibility index (Phi) is 4.79. The Morgan fingerprint density at radius 2 is 2.06 bits per heavy atom. The molecule has 16 heavy (non-hydrogen) atoms. The lowest BCUT2D eigenvalue weighted by molar-refractivity contribution is 0.264. The Morgan fingerprint density at radius 1 is 1.44 bits per heavy atom. The Hall–Kier alpha value is -1.55. The zero-order valence-corrected chi connectivity index (χ0v) is 9.77. The van der Waals surface area contributed by atoms with Crippen LogP contribution in [-0.4, -0.2) is 23.7 Å². The van der Waals surface area contributed by atoms with Gasteiger partial charge in [-0.1, -0.05) is 24.6 Å². The highest BCUT2D eigenvalue weighted by Crippen LogP contribution is 2.08. The second kappa shape index (κ2) is 6.12. The van der Waals surface area contributed by atoms with Crippen LogP contribution in [0.2, 0.25) is 0 Å². The van der Waals surface area contributed by atoms with E-state index >= 15 is 0 Å². The van der Waals surface area contributed by atoms with E-state index in [1.54, 1.807) is 0 Å². The predicted molar refractivity (Wildman–Crippen MR) is 67.6 cm³/mol. The van der Waals surface area contributed by atoms with Gasteiger partial charge in [-0.25, -0.2) is 4.99 Å². The van der Waals surface area contributed by atoms with Gasteiger partial charge in [0.15, 0.2) is 5.96 Å². The van der Waals surface area contributed by atoms with Gasteiger partial charge in [0.25, 0.3) is 0 Å². The van der Waals surface area contributed by atoms with Gasteiger partial charge in [0.1, 0.15) is 0 Å². The Labute approximate surface area is 96.2 Å². The number of anilines is 1. The molecule has 0 aromatic heterocycles. The second-order valence-corrected chi connectivity index (χ2v) is 3.75. The summed E-state index contributed by atoms with van der Waals surface area (Å²) in [7, 11) is 0. The third-order valence-electron chi connectivity index (χ3n) is 2.33. The van der Waals surface area contributed by atoms with Crippen molar-refractivity contribution >= 4 is 11.6 Å². The first-order valence-electron chi connectivity index (χ1n) is 5.43. The molecule has 0 amide bonds. The highest BCUT2D eigenvalue weighted by atomic mass is 16.3. The summed E-state index contributed by atoms with van der Waals surface area (Å²) in [6.45, 7) is 4.01. The summed E-state index contributed by atoms with van der Waals surface area (Å²) in [6.07, 6.45) is 0.771. The molecule has 0 unspecified atom stereocenters. The maximum atomic E-state index is 8.99. The summed E-state index contributed by atoms with van der Waals surface area (Å²) in [5.41, 5.74) is 7.82. The number of nitrogens with two attached hydrogens (primary N) is 1. The third kappa shape index (κ3) is 3.90. The molecule has 0 aliphatic rings. The number of guanidine groups is 1. The third-order valence-corrected chi connectivity index (χ3v) is 2.33. The first kappa shape index (κ1) is 12.5. The zero-order chi connectivity index (χ0) is 12.0. The van der Waals surface area contributed by atoms with Crippen LogP contribution < -0.4 is 11.1 Å². The molecule has 0 aliphatic heterocycles. The molecule has 0 saturated heterocycles. The minimum atomic E-state index is -0.127. The smallest absolute Gasteiger partial charge is 0.193 e. The van der Waals surface area contributed by atoms with Crippen LogP contribution in [0.3, 0.4) is 0 Å². The van der Waals surface area contributed by atoms with Crippen molar-refractivity contribution in [2.45, 2.75) is 26.3 Å². The minimum absolute atomic E-state index is 0.0206. The quantitative estimate of drug-likeness (QED) is 0.533. The number of aryl methyl sites for hydroxylation is 1. The zero-order valence-electron chi connectivity index (χ0n) is 9.77. The fourth-order valence-corrected chi connectivity index (χ4v) is 1.27. The molecular formula is C12H19N3O. The van der Waals surface area contributed by atoms with Crippen molar-refractivity contribution in [3.05, 3.63) is 29.8 Å². The molecule has 4 nitrogen and oxygen atoms in total. The van der Waals surface area contributed by atoms with E-state index in [1.807, 2.05) is 38.1 Å². The molecule has 4 heteroatoms. The molecule has 1 rings (SSSR count). The van der Waals surface area contributed by atoms with Crippen molar-refractivity contribution in [1.29, 1.82) is 0 Å². The van der Waals surface area contributed by atoms with E-state index in [0.717, 1.165) is 12.1 Å². The first-order chi connectivity index (χ1) is 7.65. The summed E-state index contributed by atoms with van der Waals surface area (Å²) < 4.78 is 0. The molecule has 0 saturated carbocycles. The molecule has 0 bridgehead atoms. The Bertz CT molecular complexity index is 342. The first-order valence-corrected chi connectivity index (χ1v) is 5.43. The van der Waals surface area contributed by atoms with Gasteiger partial charge in [0.2, 0.25) is 0 Å². The standard InChI is InChI=1S/C12H19N3O/c1-3-10(8-16)14-12(13)15-11-6-4-9(2)5-7-11/h4-7,10,16H,3,8H2,1-2H3,(H3,13,14,15)/t10-/m1/s1. The van der Waals surface area contributed by atoms with Crippen molar-refractivity contribution in [3.8, 4) is 0 Å². The lowest BCUT2D eigenvalue weighted by Crippen LogP contribution is -2.26. The number of hydrogen-bond acceptors (Lipinski definition) is 2. The average Bonchev–Trinajstić information content (AvgIpc) is 2.29. The van der Waals surface area contributed by atoms with Crippen LogP contribution in [0.5, 0.6) is 0 Å². The van der Waals surface area contributed by atoms with Gasteiger partial charge in [-0.3, -0.25) is 0 Å². The lowest BCUT2D eigenvalue weighted by Gasteiger charge is -2.10. The molecule has 1 aromatic carbocycles. The van der Waals surface area contributed by atoms with Crippen LogP contribution in [0.1, 0.15) is 18.9 Å². The second-order valence-electron chi connectivity index (χ2n) is 3.75. The van der Waals surface area contributed by atoms with E-state index in [-0.39, 0.29) is 12.6 Å². The van der Waals surface area contributed by atoms with E-state index < -0.39 is 0 Å². The van der Waals surface area contributed by atoms with Crippen molar-refractivity contribution in [2.75, 3.05) is 11.9 Å².